The summed E-state index contributed by atoms with van der Waals surface area (Å²) in [7, 11) is 3.15. The number of rotatable bonds is 9. The second-order valence-electron chi connectivity index (χ2n) is 3.18. The zero-order valence-corrected chi connectivity index (χ0v) is 8.90. The van der Waals surface area contributed by atoms with E-state index in [2.05, 4.69) is 5.32 Å². The summed E-state index contributed by atoms with van der Waals surface area (Å²) in [6.45, 7) is 1.40. The van der Waals surface area contributed by atoms with Crippen LogP contribution in [0.2, 0.25) is 0 Å². The van der Waals surface area contributed by atoms with Gasteiger partial charge in [-0.15, -0.1) is 0 Å². The molecule has 3 N–H and O–H groups in total. The summed E-state index contributed by atoms with van der Waals surface area (Å²) < 4.78 is 9.75. The molecule has 0 aromatic heterocycles. The second kappa shape index (κ2) is 9.36. The second-order valence-corrected chi connectivity index (χ2v) is 3.18. The molecular formula is C9H21NO4. The average Bonchev–Trinajstić information content (AvgIpc) is 2.15. The highest BCUT2D eigenvalue weighted by atomic mass is 16.5. The summed E-state index contributed by atoms with van der Waals surface area (Å²) in [4.78, 5) is 0. The summed E-state index contributed by atoms with van der Waals surface area (Å²) >= 11 is 0. The molecule has 0 aromatic carbocycles. The van der Waals surface area contributed by atoms with Gasteiger partial charge in [0, 0.05) is 33.4 Å². The van der Waals surface area contributed by atoms with Crippen LogP contribution in [0.15, 0.2) is 0 Å². The fraction of sp³-hybridized carbons (Fsp3) is 1.00. The van der Waals surface area contributed by atoms with Crippen molar-refractivity contribution < 1.29 is 19.7 Å². The van der Waals surface area contributed by atoms with Crippen molar-refractivity contribution in [3.05, 3.63) is 0 Å². The van der Waals surface area contributed by atoms with Gasteiger partial charge in [0.2, 0.25) is 0 Å². The zero-order valence-electron chi connectivity index (χ0n) is 8.90. The van der Waals surface area contributed by atoms with E-state index in [1.54, 1.807) is 14.2 Å². The van der Waals surface area contributed by atoms with E-state index in [0.29, 0.717) is 26.2 Å². The van der Waals surface area contributed by atoms with Crippen LogP contribution >= 0.6 is 0 Å². The minimum Gasteiger partial charge on any atom is -0.396 e. The molecule has 0 aliphatic heterocycles. The van der Waals surface area contributed by atoms with Crippen molar-refractivity contribution in [2.24, 2.45) is 0 Å². The maximum absolute atomic E-state index is 9.34. The smallest absolute Gasteiger partial charge is 0.0897 e. The molecule has 0 saturated heterocycles. The van der Waals surface area contributed by atoms with Crippen LogP contribution in [0.1, 0.15) is 6.42 Å². The van der Waals surface area contributed by atoms with Crippen LogP contribution in [0, 0.1) is 0 Å². The zero-order chi connectivity index (χ0) is 10.8. The van der Waals surface area contributed by atoms with Gasteiger partial charge in [0.15, 0.2) is 0 Å². The molecule has 14 heavy (non-hydrogen) atoms. The van der Waals surface area contributed by atoms with E-state index in [-0.39, 0.29) is 12.6 Å². The molecule has 0 aliphatic rings. The summed E-state index contributed by atoms with van der Waals surface area (Å²) in [5.74, 6) is 0. The third-order valence-corrected chi connectivity index (χ3v) is 1.85. The van der Waals surface area contributed by atoms with E-state index < -0.39 is 6.10 Å². The van der Waals surface area contributed by atoms with Crippen molar-refractivity contribution >= 4 is 0 Å². The van der Waals surface area contributed by atoms with Gasteiger partial charge in [-0.2, -0.15) is 0 Å². The number of ether oxygens (including phenoxy) is 2. The lowest BCUT2D eigenvalue weighted by molar-refractivity contribution is 0.0579. The summed E-state index contributed by atoms with van der Waals surface area (Å²) in [6.07, 6.45) is 0.103. The largest absolute Gasteiger partial charge is 0.396 e. The fourth-order valence-corrected chi connectivity index (χ4v) is 1.16. The van der Waals surface area contributed by atoms with Crippen molar-refractivity contribution in [3.8, 4) is 0 Å². The first-order valence-electron chi connectivity index (χ1n) is 4.74. The van der Waals surface area contributed by atoms with Crippen LogP contribution in [-0.2, 0) is 9.47 Å². The Morgan fingerprint density at radius 3 is 2.36 bits per heavy atom. The number of nitrogens with one attached hydrogen (secondary N) is 1. The molecule has 86 valence electrons. The maximum Gasteiger partial charge on any atom is 0.0897 e. The summed E-state index contributed by atoms with van der Waals surface area (Å²) in [5, 5.41) is 21.2. The van der Waals surface area contributed by atoms with E-state index in [0.717, 1.165) is 0 Å². The molecule has 0 bridgehead atoms. The number of hydrogen-bond donors (Lipinski definition) is 3. The highest BCUT2D eigenvalue weighted by Crippen LogP contribution is 1.92. The Balaban J connectivity index is 3.57. The van der Waals surface area contributed by atoms with Crippen molar-refractivity contribution in [1.29, 1.82) is 0 Å². The normalized spacial score (nSPS) is 15.4. The van der Waals surface area contributed by atoms with E-state index in [1.807, 2.05) is 0 Å². The molecule has 0 rings (SSSR count). The van der Waals surface area contributed by atoms with Crippen LogP contribution in [0.25, 0.3) is 0 Å². The van der Waals surface area contributed by atoms with E-state index in [1.165, 1.54) is 0 Å². The molecule has 5 heteroatoms. The molecule has 0 fully saturated rings. The molecule has 0 spiro atoms. The van der Waals surface area contributed by atoms with E-state index in [4.69, 9.17) is 14.6 Å². The monoisotopic (exact) mass is 207 g/mol. The number of aliphatic hydroxyl groups is 2. The Labute approximate surface area is 85.0 Å². The molecule has 0 aromatic rings. The van der Waals surface area contributed by atoms with Gasteiger partial charge in [0.25, 0.3) is 0 Å². The molecular weight excluding hydrogens is 186 g/mol. The lowest BCUT2D eigenvalue weighted by Crippen LogP contribution is -2.40. The quantitative estimate of drug-likeness (QED) is 0.451. The highest BCUT2D eigenvalue weighted by Gasteiger charge is 2.09. The van der Waals surface area contributed by atoms with Crippen LogP contribution < -0.4 is 5.32 Å². The molecule has 0 radical (unpaired) electrons. The predicted molar refractivity (Wildman–Crippen MR) is 53.3 cm³/mol. The summed E-state index contributed by atoms with van der Waals surface area (Å²) in [6, 6.07) is 0.0801. The number of aliphatic hydroxyl groups excluding tert-OH is 2. The minimum atomic E-state index is -0.516. The van der Waals surface area contributed by atoms with Crippen molar-refractivity contribution in [1.82, 2.24) is 5.32 Å². The maximum atomic E-state index is 9.34. The fourth-order valence-electron chi connectivity index (χ4n) is 1.16. The van der Waals surface area contributed by atoms with Gasteiger partial charge in [0.1, 0.15) is 0 Å². The molecule has 0 aliphatic carbocycles. The van der Waals surface area contributed by atoms with E-state index >= 15 is 0 Å². The van der Waals surface area contributed by atoms with Crippen molar-refractivity contribution in [2.45, 2.75) is 18.6 Å². The molecule has 0 saturated carbocycles. The molecule has 2 atom stereocenters. The predicted octanol–water partition coefficient (Wildman–Crippen LogP) is -1.02. The first-order chi connectivity index (χ1) is 6.74. The third kappa shape index (κ3) is 7.23. The Kier molecular flexibility index (Phi) is 9.23. The molecule has 2 unspecified atom stereocenters. The Morgan fingerprint density at radius 1 is 1.21 bits per heavy atom. The Morgan fingerprint density at radius 2 is 1.86 bits per heavy atom. The van der Waals surface area contributed by atoms with E-state index in [9.17, 15) is 5.11 Å². The van der Waals surface area contributed by atoms with Gasteiger partial charge >= 0.3 is 0 Å². The van der Waals surface area contributed by atoms with Gasteiger partial charge in [-0.05, 0) is 6.42 Å². The van der Waals surface area contributed by atoms with Crippen LogP contribution in [0.4, 0.5) is 0 Å². The van der Waals surface area contributed by atoms with Crippen LogP contribution in [-0.4, -0.2) is 62.9 Å². The first-order valence-corrected chi connectivity index (χ1v) is 4.74. The number of hydrogen-bond acceptors (Lipinski definition) is 5. The van der Waals surface area contributed by atoms with Crippen molar-refractivity contribution in [3.63, 3.8) is 0 Å². The third-order valence-electron chi connectivity index (χ3n) is 1.85. The average molecular weight is 207 g/mol. The lowest BCUT2D eigenvalue weighted by atomic mass is 10.2. The van der Waals surface area contributed by atoms with Crippen molar-refractivity contribution in [2.75, 3.05) is 40.6 Å². The molecule has 5 nitrogen and oxygen atoms in total. The van der Waals surface area contributed by atoms with Gasteiger partial charge in [-0.25, -0.2) is 0 Å². The lowest BCUT2D eigenvalue weighted by Gasteiger charge is -2.18. The van der Waals surface area contributed by atoms with Gasteiger partial charge in [-0.1, -0.05) is 0 Å². The van der Waals surface area contributed by atoms with Crippen LogP contribution in [0.5, 0.6) is 0 Å². The Bertz CT molecular complexity index is 117. The summed E-state index contributed by atoms with van der Waals surface area (Å²) in [5.41, 5.74) is 0. The highest BCUT2D eigenvalue weighted by molar-refractivity contribution is 4.68. The first kappa shape index (κ1) is 13.8. The Hall–Kier alpha value is -0.200. The van der Waals surface area contributed by atoms with Crippen LogP contribution in [0.3, 0.4) is 0 Å². The minimum absolute atomic E-state index is 0.0801. The topological polar surface area (TPSA) is 71.0 Å². The van der Waals surface area contributed by atoms with Gasteiger partial charge in [-0.3, -0.25) is 0 Å². The number of methoxy groups -OCH3 is 2. The van der Waals surface area contributed by atoms with Gasteiger partial charge in [0.05, 0.1) is 19.3 Å². The SMILES string of the molecule is COCC(O)CNC(CCO)COC. The van der Waals surface area contributed by atoms with Gasteiger partial charge < -0.3 is 25.0 Å². The molecule has 0 heterocycles. The molecule has 0 amide bonds. The standard InChI is InChI=1S/C9H21NO4/c1-13-6-8(3-4-11)10-5-9(12)7-14-2/h8-12H,3-7H2,1-2H3.